The Labute approximate surface area is 166 Å². The van der Waals surface area contributed by atoms with Crippen LogP contribution >= 0.6 is 0 Å². The molecule has 1 rings (SSSR count). The average molecular weight is 346 g/mol. The van der Waals surface area contributed by atoms with Gasteiger partial charge in [-0.25, -0.2) is 0 Å². The first-order valence-electron chi connectivity index (χ1n) is 7.15. The minimum Gasteiger partial charge on any atom is -1.00 e. The van der Waals surface area contributed by atoms with Gasteiger partial charge in [-0.3, -0.25) is 9.59 Å². The van der Waals surface area contributed by atoms with E-state index in [0.717, 1.165) is 11.3 Å². The van der Waals surface area contributed by atoms with Gasteiger partial charge in [-0.1, -0.05) is 6.07 Å². The van der Waals surface area contributed by atoms with Crippen LogP contribution in [0.1, 0.15) is 26.8 Å². The molecule has 0 saturated heterocycles. The van der Waals surface area contributed by atoms with Crippen LogP contribution in [0, 0.1) is 0 Å². The number of benzene rings is 1. The van der Waals surface area contributed by atoms with Gasteiger partial charge in [-0.15, -0.1) is 0 Å². The summed E-state index contributed by atoms with van der Waals surface area (Å²) < 4.78 is 0. The molecule has 0 spiro atoms. The average Bonchev–Trinajstić information content (AvgIpc) is 2.47. The van der Waals surface area contributed by atoms with Crippen molar-refractivity contribution in [3.8, 4) is 0 Å². The SMILES string of the molecule is CC(=Cc1ccc(N(C)C)cc1N)C(N)=O.NCCCC(=O)O.[H-].[Na+]. The molecule has 1 amide bonds. The molecule has 1 aromatic rings. The summed E-state index contributed by atoms with van der Waals surface area (Å²) >= 11 is 0. The smallest absolute Gasteiger partial charge is 1.00 e. The quantitative estimate of drug-likeness (QED) is 0.271. The van der Waals surface area contributed by atoms with Crippen LogP contribution in [0.2, 0.25) is 0 Å². The van der Waals surface area contributed by atoms with Crippen molar-refractivity contribution in [2.75, 3.05) is 31.3 Å². The van der Waals surface area contributed by atoms with Crippen LogP contribution in [0.3, 0.4) is 0 Å². The number of nitrogens with zero attached hydrogens (tertiary/aromatic N) is 1. The van der Waals surface area contributed by atoms with Crippen molar-refractivity contribution in [3.05, 3.63) is 29.3 Å². The number of rotatable bonds is 6. The molecule has 24 heavy (non-hydrogen) atoms. The third-order valence-electron chi connectivity index (χ3n) is 2.94. The Morgan fingerprint density at radius 3 is 2.25 bits per heavy atom. The van der Waals surface area contributed by atoms with Gasteiger partial charge < -0.3 is 28.6 Å². The molecule has 0 aliphatic carbocycles. The minimum atomic E-state index is -0.773. The number of nitrogens with two attached hydrogens (primary N) is 3. The molecular weight excluding hydrogens is 319 g/mol. The number of carboxylic acids is 1. The van der Waals surface area contributed by atoms with Gasteiger partial charge >= 0.3 is 35.5 Å². The molecule has 0 unspecified atom stereocenters. The van der Waals surface area contributed by atoms with Gasteiger partial charge in [0.2, 0.25) is 5.91 Å². The molecule has 0 aliphatic heterocycles. The number of amides is 1. The van der Waals surface area contributed by atoms with E-state index in [-0.39, 0.29) is 37.4 Å². The zero-order valence-corrected chi connectivity index (χ0v) is 16.9. The number of primary amides is 1. The molecule has 0 radical (unpaired) electrons. The largest absolute Gasteiger partial charge is 1.00 e. The summed E-state index contributed by atoms with van der Waals surface area (Å²) in [5.74, 6) is -1.21. The topological polar surface area (TPSA) is 136 Å². The van der Waals surface area contributed by atoms with Crippen LogP contribution in [-0.4, -0.2) is 37.6 Å². The molecule has 0 atom stereocenters. The first kappa shape index (κ1) is 24.7. The summed E-state index contributed by atoms with van der Waals surface area (Å²) in [4.78, 5) is 22.6. The Morgan fingerprint density at radius 2 is 1.92 bits per heavy atom. The molecule has 0 bridgehead atoms. The maximum Gasteiger partial charge on any atom is 1.00 e. The van der Waals surface area contributed by atoms with Crippen LogP contribution in [0.5, 0.6) is 0 Å². The second-order valence-electron chi connectivity index (χ2n) is 5.19. The molecule has 7 N–H and O–H groups in total. The third kappa shape index (κ3) is 10.3. The van der Waals surface area contributed by atoms with E-state index in [1.54, 1.807) is 13.0 Å². The summed E-state index contributed by atoms with van der Waals surface area (Å²) in [7, 11) is 3.89. The van der Waals surface area contributed by atoms with E-state index < -0.39 is 11.9 Å². The molecular formula is C16H27N4NaO3. The Balaban J connectivity index is -0.000000464. The maximum absolute atomic E-state index is 10.9. The summed E-state index contributed by atoms with van der Waals surface area (Å²) in [6.45, 7) is 2.13. The van der Waals surface area contributed by atoms with E-state index in [1.807, 2.05) is 37.2 Å². The van der Waals surface area contributed by atoms with E-state index in [1.165, 1.54) is 0 Å². The number of nitrogen functional groups attached to an aromatic ring is 1. The van der Waals surface area contributed by atoms with Gasteiger partial charge in [-0.2, -0.15) is 0 Å². The minimum absolute atomic E-state index is 0. The molecule has 0 saturated carbocycles. The number of carbonyl (C=O) groups is 2. The number of hydrogen-bond donors (Lipinski definition) is 4. The summed E-state index contributed by atoms with van der Waals surface area (Å²) in [6, 6.07) is 5.67. The van der Waals surface area contributed by atoms with Crippen molar-refractivity contribution >= 4 is 29.3 Å². The second-order valence-corrected chi connectivity index (χ2v) is 5.19. The molecule has 8 heteroatoms. The molecule has 0 aromatic heterocycles. The Morgan fingerprint density at radius 1 is 1.33 bits per heavy atom. The zero-order chi connectivity index (χ0) is 18.0. The summed E-state index contributed by atoms with van der Waals surface area (Å²) in [5.41, 5.74) is 19.0. The monoisotopic (exact) mass is 346 g/mol. The van der Waals surface area contributed by atoms with E-state index in [0.29, 0.717) is 24.2 Å². The molecule has 0 aliphatic rings. The first-order chi connectivity index (χ1) is 10.7. The third-order valence-corrected chi connectivity index (χ3v) is 2.94. The van der Waals surface area contributed by atoms with E-state index in [4.69, 9.17) is 22.3 Å². The second kappa shape index (κ2) is 12.8. The Kier molecular flexibility index (Phi) is 13.2. The number of aliphatic carboxylic acids is 1. The summed E-state index contributed by atoms with van der Waals surface area (Å²) in [6.07, 6.45) is 2.46. The predicted molar refractivity (Wildman–Crippen MR) is 95.1 cm³/mol. The van der Waals surface area contributed by atoms with Crippen molar-refractivity contribution in [2.24, 2.45) is 11.5 Å². The fourth-order valence-corrected chi connectivity index (χ4v) is 1.53. The van der Waals surface area contributed by atoms with Crippen molar-refractivity contribution < 1.29 is 45.7 Å². The molecule has 0 fully saturated rings. The van der Waals surface area contributed by atoms with Crippen LogP contribution in [0.25, 0.3) is 6.08 Å². The van der Waals surface area contributed by atoms with Crippen molar-refractivity contribution in [1.82, 2.24) is 0 Å². The van der Waals surface area contributed by atoms with Crippen molar-refractivity contribution in [2.45, 2.75) is 19.8 Å². The first-order valence-corrected chi connectivity index (χ1v) is 7.15. The van der Waals surface area contributed by atoms with Crippen molar-refractivity contribution in [3.63, 3.8) is 0 Å². The van der Waals surface area contributed by atoms with E-state index in [2.05, 4.69) is 0 Å². The molecule has 7 nitrogen and oxygen atoms in total. The van der Waals surface area contributed by atoms with E-state index >= 15 is 0 Å². The van der Waals surface area contributed by atoms with Crippen LogP contribution in [0.4, 0.5) is 11.4 Å². The standard InChI is InChI=1S/C12H17N3O.C4H9NO2.Na.H/c1-8(12(14)16)6-9-4-5-10(15(2)3)7-11(9)13;5-3-1-2-4(6)7;;/h4-7H,13H2,1-3H3,(H2,14,16);1-3,5H2,(H,6,7);;/q;;+1;-1. The number of anilines is 2. The van der Waals surface area contributed by atoms with Gasteiger partial charge in [0, 0.05) is 37.5 Å². The summed E-state index contributed by atoms with van der Waals surface area (Å²) in [5, 5.41) is 7.99. The van der Waals surface area contributed by atoms with Crippen molar-refractivity contribution in [1.29, 1.82) is 0 Å². The van der Waals surface area contributed by atoms with Gasteiger partial charge in [0.1, 0.15) is 0 Å². The van der Waals surface area contributed by atoms with Crippen LogP contribution < -0.4 is 51.7 Å². The van der Waals surface area contributed by atoms with Gasteiger partial charge in [0.05, 0.1) is 0 Å². The predicted octanol–water partition coefficient (Wildman–Crippen LogP) is -1.85. The normalized spacial score (nSPS) is 10.1. The van der Waals surface area contributed by atoms with Gasteiger partial charge in [0.25, 0.3) is 0 Å². The van der Waals surface area contributed by atoms with Gasteiger partial charge in [-0.05, 0) is 43.7 Å². The molecule has 0 heterocycles. The number of hydrogen-bond acceptors (Lipinski definition) is 5. The fourth-order valence-electron chi connectivity index (χ4n) is 1.53. The fraction of sp³-hybridized carbons (Fsp3) is 0.375. The van der Waals surface area contributed by atoms with E-state index in [9.17, 15) is 9.59 Å². The van der Waals surface area contributed by atoms with Crippen LogP contribution in [0.15, 0.2) is 23.8 Å². The zero-order valence-electron chi connectivity index (χ0n) is 15.9. The molecule has 130 valence electrons. The number of carbonyl (C=O) groups excluding carboxylic acids is 1. The van der Waals surface area contributed by atoms with Gasteiger partial charge in [0.15, 0.2) is 0 Å². The number of carboxylic acid groups (broad SMARTS) is 1. The Hall–Kier alpha value is -1.54. The Bertz CT molecular complexity index is 580. The van der Waals surface area contributed by atoms with Crippen LogP contribution in [-0.2, 0) is 9.59 Å². The maximum atomic E-state index is 10.9. The molecule has 1 aromatic carbocycles.